The van der Waals surface area contributed by atoms with Crippen LogP contribution in [0.2, 0.25) is 0 Å². The molecule has 3 rings (SSSR count). The number of fused-ring (bicyclic) bond motifs is 1. The fraction of sp³-hybridized carbons (Fsp3) is 0. The van der Waals surface area contributed by atoms with Crippen LogP contribution in [0.25, 0.3) is 21.2 Å². The maximum Gasteiger partial charge on any atom is 0.123 e. The van der Waals surface area contributed by atoms with Crippen LogP contribution in [-0.4, -0.2) is 5.11 Å². The second-order valence-corrected chi connectivity index (χ2v) is 4.60. The molecule has 0 saturated carbocycles. The minimum absolute atomic E-state index is 0.343. The summed E-state index contributed by atoms with van der Waals surface area (Å²) in [7, 11) is 0. The first-order chi connectivity index (χ1) is 7.86. The Balaban J connectivity index is 2.39. The van der Waals surface area contributed by atoms with Crippen molar-refractivity contribution >= 4 is 22.1 Å². The number of thiophene rings is 1. The van der Waals surface area contributed by atoms with Crippen molar-refractivity contribution in [3.8, 4) is 16.2 Å². The van der Waals surface area contributed by atoms with Gasteiger partial charge in [-0.05, 0) is 34.5 Å². The Kier molecular flexibility index (Phi) is 2.15. The van der Waals surface area contributed by atoms with Crippen LogP contribution in [-0.2, 0) is 0 Å². The van der Waals surface area contributed by atoms with Crippen molar-refractivity contribution in [3.05, 3.63) is 53.9 Å². The second-order valence-electron chi connectivity index (χ2n) is 3.66. The Morgan fingerprint density at radius 3 is 2.38 bits per heavy atom. The highest BCUT2D eigenvalue weighted by atomic mass is 32.1. The first-order valence-corrected chi connectivity index (χ1v) is 5.99. The molecule has 0 amide bonds. The van der Waals surface area contributed by atoms with Gasteiger partial charge in [-0.25, -0.2) is 0 Å². The molecule has 0 aliphatic rings. The van der Waals surface area contributed by atoms with E-state index in [0.717, 1.165) is 10.8 Å². The Hall–Kier alpha value is -1.80. The van der Waals surface area contributed by atoms with Gasteiger partial charge in [0.15, 0.2) is 0 Å². The monoisotopic (exact) mass is 226 g/mol. The highest BCUT2D eigenvalue weighted by Gasteiger charge is 2.06. The van der Waals surface area contributed by atoms with Crippen LogP contribution in [0, 0.1) is 0 Å². The van der Waals surface area contributed by atoms with E-state index in [2.05, 4.69) is 11.4 Å². The molecule has 3 aromatic rings. The Labute approximate surface area is 97.6 Å². The smallest absolute Gasteiger partial charge is 0.123 e. The predicted octanol–water partition coefficient (Wildman–Crippen LogP) is 4.27. The maximum atomic E-state index is 9.80. The van der Waals surface area contributed by atoms with Crippen molar-refractivity contribution < 1.29 is 5.11 Å². The number of phenolic OH excluding ortho intramolecular Hbond substituents is 1. The molecule has 0 saturated heterocycles. The van der Waals surface area contributed by atoms with E-state index < -0.39 is 0 Å². The summed E-state index contributed by atoms with van der Waals surface area (Å²) in [4.78, 5) is 1.23. The van der Waals surface area contributed by atoms with Gasteiger partial charge in [0.05, 0.1) is 0 Å². The van der Waals surface area contributed by atoms with Crippen LogP contribution in [0.1, 0.15) is 0 Å². The average Bonchev–Trinajstić information content (AvgIpc) is 2.83. The molecule has 0 radical (unpaired) electrons. The van der Waals surface area contributed by atoms with Gasteiger partial charge < -0.3 is 5.11 Å². The second kappa shape index (κ2) is 3.65. The van der Waals surface area contributed by atoms with E-state index in [-0.39, 0.29) is 0 Å². The Bertz CT molecular complexity index is 626. The molecule has 1 heterocycles. The van der Waals surface area contributed by atoms with E-state index in [1.54, 1.807) is 17.4 Å². The fourth-order valence-corrected chi connectivity index (χ4v) is 2.70. The van der Waals surface area contributed by atoms with Crippen molar-refractivity contribution in [1.82, 2.24) is 0 Å². The zero-order valence-electron chi connectivity index (χ0n) is 8.55. The van der Waals surface area contributed by atoms with Crippen LogP contribution in [0.15, 0.2) is 53.9 Å². The van der Waals surface area contributed by atoms with E-state index in [1.165, 1.54) is 10.4 Å². The fourth-order valence-electron chi connectivity index (χ4n) is 1.93. The van der Waals surface area contributed by atoms with E-state index in [0.29, 0.717) is 5.75 Å². The summed E-state index contributed by atoms with van der Waals surface area (Å²) in [5, 5.41) is 13.9. The van der Waals surface area contributed by atoms with Gasteiger partial charge in [0.2, 0.25) is 0 Å². The van der Waals surface area contributed by atoms with Crippen LogP contribution in [0.3, 0.4) is 0 Å². The number of phenols is 1. The van der Waals surface area contributed by atoms with Gasteiger partial charge in [0.1, 0.15) is 5.75 Å². The molecule has 0 aliphatic heterocycles. The number of rotatable bonds is 1. The van der Waals surface area contributed by atoms with E-state index in [4.69, 9.17) is 0 Å². The lowest BCUT2D eigenvalue weighted by Gasteiger charge is -2.06. The topological polar surface area (TPSA) is 20.2 Å². The Morgan fingerprint density at radius 1 is 0.812 bits per heavy atom. The lowest BCUT2D eigenvalue weighted by atomic mass is 10.0. The van der Waals surface area contributed by atoms with Crippen molar-refractivity contribution in [3.63, 3.8) is 0 Å². The van der Waals surface area contributed by atoms with Gasteiger partial charge in [0, 0.05) is 10.3 Å². The standard InChI is InChI=1S/C14H10OS/c15-13-8-7-12(14-6-3-9-16-14)10-4-1-2-5-11(10)13/h1-9,15H. The maximum absolute atomic E-state index is 9.80. The van der Waals surface area contributed by atoms with Crippen LogP contribution in [0.4, 0.5) is 0 Å². The molecule has 2 heteroatoms. The summed E-state index contributed by atoms with van der Waals surface area (Å²) in [6.07, 6.45) is 0. The summed E-state index contributed by atoms with van der Waals surface area (Å²) >= 11 is 1.72. The van der Waals surface area contributed by atoms with Crippen molar-refractivity contribution in [2.75, 3.05) is 0 Å². The van der Waals surface area contributed by atoms with Crippen molar-refractivity contribution in [2.45, 2.75) is 0 Å². The minimum Gasteiger partial charge on any atom is -0.507 e. The van der Waals surface area contributed by atoms with Crippen LogP contribution < -0.4 is 0 Å². The van der Waals surface area contributed by atoms with E-state index in [9.17, 15) is 5.11 Å². The molecule has 0 fully saturated rings. The Morgan fingerprint density at radius 2 is 1.62 bits per heavy atom. The van der Waals surface area contributed by atoms with Gasteiger partial charge in [-0.2, -0.15) is 0 Å². The highest BCUT2D eigenvalue weighted by molar-refractivity contribution is 7.13. The predicted molar refractivity (Wildman–Crippen MR) is 68.9 cm³/mol. The third-order valence-electron chi connectivity index (χ3n) is 2.69. The van der Waals surface area contributed by atoms with Crippen molar-refractivity contribution in [2.24, 2.45) is 0 Å². The van der Waals surface area contributed by atoms with Gasteiger partial charge >= 0.3 is 0 Å². The summed E-state index contributed by atoms with van der Waals surface area (Å²) in [5.74, 6) is 0.343. The quantitative estimate of drug-likeness (QED) is 0.656. The molecule has 16 heavy (non-hydrogen) atoms. The first kappa shape index (κ1) is 9.43. The van der Waals surface area contributed by atoms with Crippen LogP contribution >= 0.6 is 11.3 Å². The largest absolute Gasteiger partial charge is 0.507 e. The first-order valence-electron chi connectivity index (χ1n) is 5.11. The number of aromatic hydroxyl groups is 1. The third-order valence-corrected chi connectivity index (χ3v) is 3.59. The zero-order chi connectivity index (χ0) is 11.0. The van der Waals surface area contributed by atoms with E-state index >= 15 is 0 Å². The number of hydrogen-bond donors (Lipinski definition) is 1. The molecule has 0 unspecified atom stereocenters. The molecular weight excluding hydrogens is 216 g/mol. The molecule has 78 valence electrons. The number of benzene rings is 2. The lowest BCUT2D eigenvalue weighted by Crippen LogP contribution is -1.78. The normalized spacial score (nSPS) is 10.8. The summed E-state index contributed by atoms with van der Waals surface area (Å²) in [6.45, 7) is 0. The van der Waals surface area contributed by atoms with Gasteiger partial charge in [-0.3, -0.25) is 0 Å². The molecule has 1 N–H and O–H groups in total. The molecule has 1 aromatic heterocycles. The SMILES string of the molecule is Oc1ccc(-c2cccs2)c2ccccc12. The molecule has 0 aliphatic carbocycles. The summed E-state index contributed by atoms with van der Waals surface area (Å²) in [5.41, 5.74) is 1.18. The molecule has 0 atom stereocenters. The van der Waals surface area contributed by atoms with Gasteiger partial charge in [-0.15, -0.1) is 11.3 Å². The molecule has 1 nitrogen and oxygen atoms in total. The van der Waals surface area contributed by atoms with Gasteiger partial charge in [0.25, 0.3) is 0 Å². The molecule has 0 spiro atoms. The third kappa shape index (κ3) is 1.39. The van der Waals surface area contributed by atoms with Crippen molar-refractivity contribution in [1.29, 1.82) is 0 Å². The molecular formula is C14H10OS. The lowest BCUT2D eigenvalue weighted by molar-refractivity contribution is 0.481. The molecule has 0 bridgehead atoms. The minimum atomic E-state index is 0.343. The zero-order valence-corrected chi connectivity index (χ0v) is 9.37. The number of hydrogen-bond acceptors (Lipinski definition) is 2. The molecule has 2 aromatic carbocycles. The highest BCUT2D eigenvalue weighted by Crippen LogP contribution is 2.35. The van der Waals surface area contributed by atoms with E-state index in [1.807, 2.05) is 36.4 Å². The average molecular weight is 226 g/mol. The summed E-state index contributed by atoms with van der Waals surface area (Å²) < 4.78 is 0. The van der Waals surface area contributed by atoms with Gasteiger partial charge in [-0.1, -0.05) is 30.3 Å². The van der Waals surface area contributed by atoms with Crippen LogP contribution in [0.5, 0.6) is 5.75 Å². The summed E-state index contributed by atoms with van der Waals surface area (Å²) in [6, 6.07) is 15.8.